The molecule has 0 radical (unpaired) electrons. The van der Waals surface area contributed by atoms with E-state index in [4.69, 9.17) is 11.6 Å². The lowest BCUT2D eigenvalue weighted by Crippen LogP contribution is -2.49. The van der Waals surface area contributed by atoms with Crippen LogP contribution in [0.1, 0.15) is 33.1 Å². The first-order valence-electron chi connectivity index (χ1n) is 13.0. The van der Waals surface area contributed by atoms with Gasteiger partial charge in [-0.2, -0.15) is 0 Å². The van der Waals surface area contributed by atoms with E-state index in [1.807, 2.05) is 48.2 Å². The lowest BCUT2D eigenvalue weighted by molar-refractivity contribution is 0.0597. The summed E-state index contributed by atoms with van der Waals surface area (Å²) in [5.74, 6) is 1.55. The van der Waals surface area contributed by atoms with Crippen LogP contribution in [-0.2, 0) is 5.75 Å². The molecule has 0 atom stereocenters. The van der Waals surface area contributed by atoms with Gasteiger partial charge in [-0.05, 0) is 28.8 Å². The SMILES string of the molecule is CN(C)c1cc(Cl)nc(SCc2ccc(C(=O)N3CCN(C(c4ccccc4)c4ccccc4)CC3)cc2)n1. The number of hydrogen-bond donors (Lipinski definition) is 0. The van der Waals surface area contributed by atoms with Crippen LogP contribution in [0.3, 0.4) is 0 Å². The van der Waals surface area contributed by atoms with E-state index in [2.05, 4.69) is 75.5 Å². The van der Waals surface area contributed by atoms with Crippen LogP contribution in [0.5, 0.6) is 0 Å². The Hall–Kier alpha value is -3.39. The molecule has 3 aromatic carbocycles. The number of hydrogen-bond acceptors (Lipinski definition) is 6. The molecule has 4 aromatic rings. The van der Waals surface area contributed by atoms with Gasteiger partial charge in [0.1, 0.15) is 11.0 Å². The summed E-state index contributed by atoms with van der Waals surface area (Å²) < 4.78 is 0. The molecular formula is C31H32ClN5OS. The van der Waals surface area contributed by atoms with Crippen molar-refractivity contribution in [2.24, 2.45) is 0 Å². The molecule has 1 aliphatic heterocycles. The van der Waals surface area contributed by atoms with Gasteiger partial charge in [0.2, 0.25) is 0 Å². The molecule has 5 rings (SSSR count). The average molecular weight is 558 g/mol. The van der Waals surface area contributed by atoms with Gasteiger partial charge in [-0.3, -0.25) is 9.69 Å². The molecule has 6 nitrogen and oxygen atoms in total. The molecule has 1 aliphatic rings. The molecule has 39 heavy (non-hydrogen) atoms. The topological polar surface area (TPSA) is 52.6 Å². The third-order valence-electron chi connectivity index (χ3n) is 6.89. The van der Waals surface area contributed by atoms with E-state index in [1.165, 1.54) is 22.9 Å². The molecule has 200 valence electrons. The van der Waals surface area contributed by atoms with Crippen molar-refractivity contribution in [3.05, 3.63) is 118 Å². The van der Waals surface area contributed by atoms with Gasteiger partial charge in [-0.15, -0.1) is 0 Å². The van der Waals surface area contributed by atoms with Crippen LogP contribution in [0.2, 0.25) is 5.15 Å². The number of aromatic nitrogens is 2. The van der Waals surface area contributed by atoms with Crippen molar-refractivity contribution in [3.8, 4) is 0 Å². The molecule has 1 fully saturated rings. The first kappa shape index (κ1) is 27.2. The lowest BCUT2D eigenvalue weighted by atomic mass is 9.96. The van der Waals surface area contributed by atoms with E-state index in [0.29, 0.717) is 34.7 Å². The lowest BCUT2D eigenvalue weighted by Gasteiger charge is -2.39. The number of rotatable bonds is 8. The molecule has 1 amide bonds. The van der Waals surface area contributed by atoms with E-state index in [9.17, 15) is 4.79 Å². The van der Waals surface area contributed by atoms with E-state index in [0.717, 1.165) is 24.5 Å². The normalized spacial score (nSPS) is 14.0. The second-order valence-corrected chi connectivity index (χ2v) is 11.1. The van der Waals surface area contributed by atoms with Crippen molar-refractivity contribution in [2.45, 2.75) is 17.0 Å². The van der Waals surface area contributed by atoms with Crippen molar-refractivity contribution in [2.75, 3.05) is 45.2 Å². The van der Waals surface area contributed by atoms with Gasteiger partial charge in [0, 0.05) is 57.7 Å². The van der Waals surface area contributed by atoms with Gasteiger partial charge in [0.05, 0.1) is 6.04 Å². The minimum atomic E-state index is 0.0821. The van der Waals surface area contributed by atoms with Crippen molar-refractivity contribution in [1.82, 2.24) is 19.8 Å². The summed E-state index contributed by atoms with van der Waals surface area (Å²) in [6.45, 7) is 3.05. The first-order valence-corrected chi connectivity index (χ1v) is 14.4. The number of anilines is 1. The predicted octanol–water partition coefficient (Wildman–Crippen LogP) is 6.04. The number of carbonyl (C=O) groups excluding carboxylic acids is 1. The van der Waals surface area contributed by atoms with Gasteiger partial charge in [0.25, 0.3) is 5.91 Å². The predicted molar refractivity (Wildman–Crippen MR) is 160 cm³/mol. The third kappa shape index (κ3) is 6.79. The quantitative estimate of drug-likeness (QED) is 0.150. The van der Waals surface area contributed by atoms with Crippen LogP contribution in [0.4, 0.5) is 5.82 Å². The van der Waals surface area contributed by atoms with Crippen LogP contribution in [0.15, 0.2) is 96.2 Å². The number of nitrogens with zero attached hydrogens (tertiary/aromatic N) is 5. The molecule has 0 saturated carbocycles. The molecule has 8 heteroatoms. The Kier molecular flexibility index (Phi) is 8.81. The van der Waals surface area contributed by atoms with Crippen LogP contribution in [-0.4, -0.2) is 65.9 Å². The minimum Gasteiger partial charge on any atom is -0.363 e. The third-order valence-corrected chi connectivity index (χ3v) is 8.00. The summed E-state index contributed by atoms with van der Waals surface area (Å²) in [6.07, 6.45) is 0. The monoisotopic (exact) mass is 557 g/mol. The van der Waals surface area contributed by atoms with Crippen LogP contribution < -0.4 is 4.90 Å². The standard InChI is InChI=1S/C31H32ClN5OS/c1-35(2)28-21-27(32)33-31(34-28)39-22-23-13-15-26(16-14-23)30(38)37-19-17-36(18-20-37)29(24-9-5-3-6-10-24)25-11-7-4-8-12-25/h3-16,21,29H,17-20,22H2,1-2H3. The van der Waals surface area contributed by atoms with Gasteiger partial charge in [-0.1, -0.05) is 96.2 Å². The zero-order valence-electron chi connectivity index (χ0n) is 22.2. The van der Waals surface area contributed by atoms with E-state index >= 15 is 0 Å². The Balaban J connectivity index is 1.20. The fourth-order valence-electron chi connectivity index (χ4n) is 4.82. The molecule has 1 saturated heterocycles. The van der Waals surface area contributed by atoms with Crippen LogP contribution >= 0.6 is 23.4 Å². The molecule has 0 unspecified atom stereocenters. The summed E-state index contributed by atoms with van der Waals surface area (Å²) in [6, 6.07) is 31.0. The number of amides is 1. The summed E-state index contributed by atoms with van der Waals surface area (Å²) in [5.41, 5.74) is 4.37. The zero-order chi connectivity index (χ0) is 27.2. The summed E-state index contributed by atoms with van der Waals surface area (Å²) in [7, 11) is 3.85. The van der Waals surface area contributed by atoms with Crippen molar-refractivity contribution < 1.29 is 4.79 Å². The maximum absolute atomic E-state index is 13.3. The number of piperazine rings is 1. The highest BCUT2D eigenvalue weighted by atomic mass is 35.5. The molecule has 0 spiro atoms. The largest absolute Gasteiger partial charge is 0.363 e. The van der Waals surface area contributed by atoms with Crippen LogP contribution in [0.25, 0.3) is 0 Å². The van der Waals surface area contributed by atoms with Crippen molar-refractivity contribution in [3.63, 3.8) is 0 Å². The second kappa shape index (κ2) is 12.6. The number of thioether (sulfide) groups is 1. The molecule has 2 heterocycles. The van der Waals surface area contributed by atoms with Gasteiger partial charge in [0.15, 0.2) is 5.16 Å². The Morgan fingerprint density at radius 1 is 0.872 bits per heavy atom. The van der Waals surface area contributed by atoms with E-state index < -0.39 is 0 Å². The number of carbonyl (C=O) groups is 1. The Morgan fingerprint density at radius 2 is 1.46 bits per heavy atom. The summed E-state index contributed by atoms with van der Waals surface area (Å²) in [4.78, 5) is 28.5. The Morgan fingerprint density at radius 3 is 2.03 bits per heavy atom. The Labute approximate surface area is 239 Å². The average Bonchev–Trinajstić information content (AvgIpc) is 2.97. The zero-order valence-corrected chi connectivity index (χ0v) is 23.8. The molecule has 0 aliphatic carbocycles. The molecule has 0 bridgehead atoms. The highest BCUT2D eigenvalue weighted by Crippen LogP contribution is 2.30. The van der Waals surface area contributed by atoms with Crippen molar-refractivity contribution in [1.29, 1.82) is 0 Å². The number of benzene rings is 3. The van der Waals surface area contributed by atoms with Crippen LogP contribution in [0, 0.1) is 0 Å². The minimum absolute atomic E-state index is 0.0821. The van der Waals surface area contributed by atoms with Crippen molar-refractivity contribution >= 4 is 35.1 Å². The molecule has 0 N–H and O–H groups in total. The van der Waals surface area contributed by atoms with E-state index in [1.54, 1.807) is 6.07 Å². The highest BCUT2D eigenvalue weighted by molar-refractivity contribution is 7.98. The molecular weight excluding hydrogens is 526 g/mol. The smallest absolute Gasteiger partial charge is 0.253 e. The maximum Gasteiger partial charge on any atom is 0.253 e. The maximum atomic E-state index is 13.3. The highest BCUT2D eigenvalue weighted by Gasteiger charge is 2.28. The molecule has 1 aromatic heterocycles. The summed E-state index contributed by atoms with van der Waals surface area (Å²) in [5, 5.41) is 1.06. The van der Waals surface area contributed by atoms with Gasteiger partial charge >= 0.3 is 0 Å². The van der Waals surface area contributed by atoms with Gasteiger partial charge < -0.3 is 9.80 Å². The fourth-order valence-corrected chi connectivity index (χ4v) is 5.86. The number of halogens is 1. The summed E-state index contributed by atoms with van der Waals surface area (Å²) >= 11 is 7.68. The Bertz CT molecular complexity index is 1340. The second-order valence-electron chi connectivity index (χ2n) is 9.76. The van der Waals surface area contributed by atoms with Gasteiger partial charge in [-0.25, -0.2) is 9.97 Å². The fraction of sp³-hybridized carbons (Fsp3) is 0.258. The van der Waals surface area contributed by atoms with E-state index in [-0.39, 0.29) is 11.9 Å². The first-order chi connectivity index (χ1) is 19.0.